The van der Waals surface area contributed by atoms with E-state index in [-0.39, 0.29) is 0 Å². The van der Waals surface area contributed by atoms with E-state index < -0.39 is 0 Å². The Bertz CT molecular complexity index is 108. The van der Waals surface area contributed by atoms with Crippen molar-refractivity contribution in [3.63, 3.8) is 0 Å². The summed E-state index contributed by atoms with van der Waals surface area (Å²) < 4.78 is 0. The molecular weight excluding hydrogens is 108 g/mol. The molecule has 0 aliphatic heterocycles. The highest BCUT2D eigenvalue weighted by Crippen LogP contribution is 2.58. The van der Waals surface area contributed by atoms with E-state index in [4.69, 9.17) is 0 Å². The summed E-state index contributed by atoms with van der Waals surface area (Å²) in [7, 11) is 0. The average molecular weight is 123 g/mol. The Labute approximate surface area is 57.6 Å². The summed E-state index contributed by atoms with van der Waals surface area (Å²) in [6.45, 7) is 4.84. The van der Waals surface area contributed by atoms with Gasteiger partial charge in [-0.2, -0.15) is 0 Å². The number of hydrogen-bond donors (Lipinski definition) is 0. The van der Waals surface area contributed by atoms with Gasteiger partial charge in [-0.15, -0.1) is 0 Å². The summed E-state index contributed by atoms with van der Waals surface area (Å²) in [4.78, 5) is 0. The maximum Gasteiger partial charge on any atom is -0.0295 e. The molecule has 3 saturated carbocycles. The minimum atomic E-state index is 0.679. The van der Waals surface area contributed by atoms with Crippen LogP contribution in [0.1, 0.15) is 33.1 Å². The molecule has 0 N–H and O–H groups in total. The molecule has 0 heterocycles. The molecule has 51 valence electrons. The van der Waals surface area contributed by atoms with E-state index in [1.54, 1.807) is 0 Å². The highest BCUT2D eigenvalue weighted by atomic mass is 14.5. The average Bonchev–Trinajstić information content (AvgIpc) is 1.89. The van der Waals surface area contributed by atoms with Crippen LogP contribution in [0.2, 0.25) is 0 Å². The van der Waals surface area contributed by atoms with Gasteiger partial charge in [0.05, 0.1) is 0 Å². The Morgan fingerprint density at radius 2 is 2.22 bits per heavy atom. The zero-order chi connectivity index (χ0) is 6.48. The third kappa shape index (κ3) is 0.595. The van der Waals surface area contributed by atoms with Crippen LogP contribution in [0.25, 0.3) is 0 Å². The van der Waals surface area contributed by atoms with Crippen molar-refractivity contribution in [3.8, 4) is 0 Å². The molecule has 3 aliphatic rings. The summed E-state index contributed by atoms with van der Waals surface area (Å²) in [6.07, 6.45) is 6.87. The minimum absolute atomic E-state index is 0.679. The lowest BCUT2D eigenvalue weighted by atomic mass is 9.49. The first-order valence-electron chi connectivity index (χ1n) is 4.04. The van der Waals surface area contributed by atoms with Crippen molar-refractivity contribution in [2.24, 2.45) is 17.3 Å². The van der Waals surface area contributed by atoms with E-state index in [1.165, 1.54) is 19.3 Å². The molecule has 0 spiro atoms. The first kappa shape index (κ1) is 5.76. The van der Waals surface area contributed by atoms with Crippen LogP contribution in [0.15, 0.2) is 0 Å². The van der Waals surface area contributed by atoms with Gasteiger partial charge in [0.25, 0.3) is 0 Å². The molecule has 0 heteroatoms. The zero-order valence-electron chi connectivity index (χ0n) is 6.35. The number of rotatable bonds is 0. The molecule has 0 nitrogen and oxygen atoms in total. The van der Waals surface area contributed by atoms with Gasteiger partial charge >= 0.3 is 0 Å². The van der Waals surface area contributed by atoms with Crippen molar-refractivity contribution < 1.29 is 0 Å². The second-order valence-corrected chi connectivity index (χ2v) is 4.17. The first-order valence-corrected chi connectivity index (χ1v) is 4.04. The van der Waals surface area contributed by atoms with Gasteiger partial charge in [0, 0.05) is 0 Å². The molecule has 3 aliphatic carbocycles. The number of fused-ring (bicyclic) bond motifs is 2. The number of hydrogen-bond acceptors (Lipinski definition) is 0. The Balaban J connectivity index is 2.13. The van der Waals surface area contributed by atoms with Crippen LogP contribution < -0.4 is 0 Å². The molecule has 0 saturated heterocycles. The van der Waals surface area contributed by atoms with Gasteiger partial charge in [-0.25, -0.2) is 0 Å². The van der Waals surface area contributed by atoms with Crippen LogP contribution in [0, 0.1) is 23.7 Å². The van der Waals surface area contributed by atoms with E-state index in [2.05, 4.69) is 20.3 Å². The highest BCUT2D eigenvalue weighted by Gasteiger charge is 2.49. The minimum Gasteiger partial charge on any atom is -0.0594 e. The lowest BCUT2D eigenvalue weighted by Crippen LogP contribution is -2.48. The normalized spacial score (nSPS) is 46.0. The molecule has 0 amide bonds. The standard InChI is InChI=1S/C9H15/c1-9(2)7-4-3-5-8(9)6-7/h4,7-8H,3,5-6H2,1-2H3/t7-,8-/m0/s1. The summed E-state index contributed by atoms with van der Waals surface area (Å²) in [5.41, 5.74) is 0.679. The molecule has 9 heavy (non-hydrogen) atoms. The van der Waals surface area contributed by atoms with Gasteiger partial charge in [-0.05, 0) is 42.9 Å². The zero-order valence-corrected chi connectivity index (χ0v) is 6.35. The van der Waals surface area contributed by atoms with Crippen LogP contribution in [-0.2, 0) is 0 Å². The van der Waals surface area contributed by atoms with Crippen molar-refractivity contribution in [1.82, 2.24) is 0 Å². The molecule has 0 aromatic carbocycles. The first-order chi connectivity index (χ1) is 4.21. The van der Waals surface area contributed by atoms with Gasteiger partial charge < -0.3 is 0 Å². The third-order valence-corrected chi connectivity index (χ3v) is 3.51. The van der Waals surface area contributed by atoms with E-state index in [9.17, 15) is 0 Å². The fourth-order valence-corrected chi connectivity index (χ4v) is 2.44. The highest BCUT2D eigenvalue weighted by molar-refractivity contribution is 5.06. The molecule has 2 bridgehead atoms. The molecule has 0 aromatic rings. The molecule has 0 aromatic heterocycles. The van der Waals surface area contributed by atoms with Gasteiger partial charge in [0.15, 0.2) is 0 Å². The molecular formula is C9H15. The smallest absolute Gasteiger partial charge is 0.0295 e. The maximum atomic E-state index is 2.53. The van der Waals surface area contributed by atoms with Crippen LogP contribution >= 0.6 is 0 Å². The third-order valence-electron chi connectivity index (χ3n) is 3.51. The predicted molar refractivity (Wildman–Crippen MR) is 38.9 cm³/mol. The van der Waals surface area contributed by atoms with Crippen LogP contribution in [0.5, 0.6) is 0 Å². The van der Waals surface area contributed by atoms with E-state index in [0.717, 1.165) is 11.8 Å². The summed E-state index contributed by atoms with van der Waals surface area (Å²) in [5, 5.41) is 0. The van der Waals surface area contributed by atoms with Crippen molar-refractivity contribution >= 4 is 0 Å². The molecule has 3 fully saturated rings. The van der Waals surface area contributed by atoms with Crippen molar-refractivity contribution in [2.45, 2.75) is 33.1 Å². The monoisotopic (exact) mass is 123 g/mol. The predicted octanol–water partition coefficient (Wildman–Crippen LogP) is 2.65. The molecule has 3 rings (SSSR count). The fourth-order valence-electron chi connectivity index (χ4n) is 2.44. The summed E-state index contributed by atoms with van der Waals surface area (Å²) in [5.74, 6) is 2.03. The van der Waals surface area contributed by atoms with Gasteiger partial charge in [-0.1, -0.05) is 13.8 Å². The van der Waals surface area contributed by atoms with Crippen molar-refractivity contribution in [2.75, 3.05) is 0 Å². The molecule has 1 radical (unpaired) electrons. The Morgan fingerprint density at radius 1 is 1.44 bits per heavy atom. The van der Waals surface area contributed by atoms with E-state index in [0.29, 0.717) is 5.41 Å². The van der Waals surface area contributed by atoms with Gasteiger partial charge in [0.2, 0.25) is 0 Å². The largest absolute Gasteiger partial charge is 0.0594 e. The van der Waals surface area contributed by atoms with Crippen LogP contribution in [0.3, 0.4) is 0 Å². The lowest BCUT2D eigenvalue weighted by Gasteiger charge is -2.56. The SMILES string of the molecule is CC1(C)[C@H]2CC[CH][C@H]1C2. The van der Waals surface area contributed by atoms with E-state index in [1.807, 2.05) is 0 Å². The molecule has 2 atom stereocenters. The Kier molecular flexibility index (Phi) is 0.980. The van der Waals surface area contributed by atoms with Crippen molar-refractivity contribution in [1.29, 1.82) is 0 Å². The van der Waals surface area contributed by atoms with Crippen LogP contribution in [0.4, 0.5) is 0 Å². The fraction of sp³-hybridized carbons (Fsp3) is 0.889. The Hall–Kier alpha value is 0. The van der Waals surface area contributed by atoms with Crippen LogP contribution in [-0.4, -0.2) is 0 Å². The summed E-state index contributed by atoms with van der Waals surface area (Å²) >= 11 is 0. The second-order valence-electron chi connectivity index (χ2n) is 4.17. The topological polar surface area (TPSA) is 0 Å². The second kappa shape index (κ2) is 1.53. The van der Waals surface area contributed by atoms with Gasteiger partial charge in [-0.3, -0.25) is 0 Å². The van der Waals surface area contributed by atoms with Gasteiger partial charge in [0.1, 0.15) is 0 Å². The van der Waals surface area contributed by atoms with E-state index >= 15 is 0 Å². The van der Waals surface area contributed by atoms with Crippen molar-refractivity contribution in [3.05, 3.63) is 6.42 Å². The maximum absolute atomic E-state index is 2.53. The Morgan fingerprint density at radius 3 is 2.44 bits per heavy atom. The molecule has 0 unspecified atom stereocenters. The summed E-state index contributed by atoms with van der Waals surface area (Å²) in [6, 6.07) is 0. The lowest BCUT2D eigenvalue weighted by molar-refractivity contribution is -0.0314. The quantitative estimate of drug-likeness (QED) is 0.464.